The van der Waals surface area contributed by atoms with Crippen LogP contribution in [0.25, 0.3) is 0 Å². The molecule has 2 fully saturated rings. The molecule has 1 saturated heterocycles. The molecule has 1 aliphatic carbocycles. The molecule has 1 aliphatic heterocycles. The molecule has 0 radical (unpaired) electrons. The van der Waals surface area contributed by atoms with E-state index in [1.54, 1.807) is 6.07 Å². The van der Waals surface area contributed by atoms with Crippen molar-refractivity contribution in [1.29, 1.82) is 0 Å². The van der Waals surface area contributed by atoms with Gasteiger partial charge in [0.25, 0.3) is 5.91 Å². The van der Waals surface area contributed by atoms with Crippen molar-refractivity contribution >= 4 is 5.91 Å². The highest BCUT2D eigenvalue weighted by Gasteiger charge is 2.30. The molecular formula is C14H19NO4. The summed E-state index contributed by atoms with van der Waals surface area (Å²) in [4.78, 5) is 12.0. The van der Waals surface area contributed by atoms with E-state index in [0.717, 1.165) is 18.9 Å². The molecule has 5 heteroatoms. The van der Waals surface area contributed by atoms with Gasteiger partial charge in [-0.05, 0) is 31.2 Å². The van der Waals surface area contributed by atoms with Crippen LogP contribution in [0.4, 0.5) is 0 Å². The molecular weight excluding hydrogens is 246 g/mol. The number of carbonyl (C=O) groups is 1. The van der Waals surface area contributed by atoms with Gasteiger partial charge in [0.05, 0.1) is 30.6 Å². The number of ether oxygens (including phenoxy) is 2. The minimum absolute atomic E-state index is 0.0604. The summed E-state index contributed by atoms with van der Waals surface area (Å²) in [5.41, 5.74) is 0.534. The Bertz CT molecular complexity index is 413. The lowest BCUT2D eigenvalue weighted by atomic mass is 10.1. The first-order chi connectivity index (χ1) is 9.33. The number of amides is 1. The van der Waals surface area contributed by atoms with E-state index in [-0.39, 0.29) is 18.1 Å². The Balaban J connectivity index is 1.55. The van der Waals surface area contributed by atoms with E-state index in [1.165, 1.54) is 25.4 Å². The number of nitrogens with one attached hydrogen (secondary N) is 1. The van der Waals surface area contributed by atoms with Crippen molar-refractivity contribution in [3.05, 3.63) is 24.2 Å². The minimum Gasteiger partial charge on any atom is -0.472 e. The molecule has 1 aromatic heterocycles. The van der Waals surface area contributed by atoms with E-state index in [1.807, 2.05) is 0 Å². The first-order valence-corrected chi connectivity index (χ1v) is 6.85. The van der Waals surface area contributed by atoms with E-state index in [0.29, 0.717) is 18.8 Å². The molecule has 1 saturated carbocycles. The smallest absolute Gasteiger partial charge is 0.254 e. The zero-order valence-corrected chi connectivity index (χ0v) is 10.8. The van der Waals surface area contributed by atoms with Crippen LogP contribution in [-0.2, 0) is 9.47 Å². The first kappa shape index (κ1) is 12.7. The molecule has 0 bridgehead atoms. The molecule has 19 heavy (non-hydrogen) atoms. The normalized spacial score (nSPS) is 27.2. The summed E-state index contributed by atoms with van der Waals surface area (Å²) < 4.78 is 16.3. The topological polar surface area (TPSA) is 60.7 Å². The summed E-state index contributed by atoms with van der Waals surface area (Å²) in [5.74, 6) is 0.595. The van der Waals surface area contributed by atoms with Gasteiger partial charge < -0.3 is 19.2 Å². The van der Waals surface area contributed by atoms with Crippen molar-refractivity contribution in [2.45, 2.75) is 31.4 Å². The van der Waals surface area contributed by atoms with E-state index in [2.05, 4.69) is 5.32 Å². The summed E-state index contributed by atoms with van der Waals surface area (Å²) in [5, 5.41) is 2.97. The van der Waals surface area contributed by atoms with E-state index >= 15 is 0 Å². The molecule has 5 nitrogen and oxygen atoms in total. The standard InChI is InChI=1S/C14H19NO4/c16-14(11-3-5-17-8-11)15-12-9-18-6-4-13(12)19-7-10-1-2-10/h3,5,8,10,12-13H,1-2,4,6-7,9H2,(H,15,16). The molecule has 2 heterocycles. The second-order valence-corrected chi connectivity index (χ2v) is 5.27. The number of furan rings is 1. The van der Waals surface area contributed by atoms with Gasteiger partial charge in [-0.3, -0.25) is 4.79 Å². The maximum absolute atomic E-state index is 12.0. The molecule has 0 spiro atoms. The maximum atomic E-state index is 12.0. The van der Waals surface area contributed by atoms with Crippen LogP contribution in [0.1, 0.15) is 29.6 Å². The minimum atomic E-state index is -0.135. The maximum Gasteiger partial charge on any atom is 0.254 e. The fourth-order valence-corrected chi connectivity index (χ4v) is 2.24. The molecule has 1 amide bonds. The van der Waals surface area contributed by atoms with Gasteiger partial charge in [0.2, 0.25) is 0 Å². The van der Waals surface area contributed by atoms with E-state index in [9.17, 15) is 4.79 Å². The third-order valence-electron chi connectivity index (χ3n) is 3.64. The fourth-order valence-electron chi connectivity index (χ4n) is 2.24. The summed E-state index contributed by atoms with van der Waals surface area (Å²) in [6.45, 7) is 2.02. The highest BCUT2D eigenvalue weighted by atomic mass is 16.5. The fraction of sp³-hybridized carbons (Fsp3) is 0.643. The Labute approximate surface area is 112 Å². The quantitative estimate of drug-likeness (QED) is 0.878. The van der Waals surface area contributed by atoms with Gasteiger partial charge in [-0.25, -0.2) is 0 Å². The van der Waals surface area contributed by atoms with Crippen LogP contribution in [0.2, 0.25) is 0 Å². The van der Waals surface area contributed by atoms with E-state index in [4.69, 9.17) is 13.9 Å². The van der Waals surface area contributed by atoms with Crippen molar-refractivity contribution < 1.29 is 18.7 Å². The second-order valence-electron chi connectivity index (χ2n) is 5.27. The molecule has 2 unspecified atom stereocenters. The van der Waals surface area contributed by atoms with Crippen LogP contribution in [0, 0.1) is 5.92 Å². The van der Waals surface area contributed by atoms with Crippen molar-refractivity contribution in [3.63, 3.8) is 0 Å². The Morgan fingerprint density at radius 1 is 1.42 bits per heavy atom. The number of carbonyl (C=O) groups excluding carboxylic acids is 1. The summed E-state index contributed by atoms with van der Waals surface area (Å²) in [6.07, 6.45) is 6.38. The molecule has 3 rings (SSSR count). The lowest BCUT2D eigenvalue weighted by molar-refractivity contribution is -0.0567. The lowest BCUT2D eigenvalue weighted by Crippen LogP contribution is -2.50. The summed E-state index contributed by atoms with van der Waals surface area (Å²) in [6, 6.07) is 1.58. The SMILES string of the molecule is O=C(NC1COCCC1OCC1CC1)c1ccoc1. The zero-order chi connectivity index (χ0) is 13.1. The predicted octanol–water partition coefficient (Wildman–Crippen LogP) is 1.59. The van der Waals surface area contributed by atoms with Gasteiger partial charge in [-0.2, -0.15) is 0 Å². The molecule has 2 atom stereocenters. The molecule has 1 aromatic rings. The predicted molar refractivity (Wildman–Crippen MR) is 67.9 cm³/mol. The molecule has 2 aliphatic rings. The highest BCUT2D eigenvalue weighted by Crippen LogP contribution is 2.30. The van der Waals surface area contributed by atoms with Crippen LogP contribution in [0.3, 0.4) is 0 Å². The van der Waals surface area contributed by atoms with Gasteiger partial charge in [0.1, 0.15) is 6.26 Å². The first-order valence-electron chi connectivity index (χ1n) is 6.85. The van der Waals surface area contributed by atoms with Crippen molar-refractivity contribution in [2.24, 2.45) is 5.92 Å². The van der Waals surface area contributed by atoms with Crippen LogP contribution in [0.5, 0.6) is 0 Å². The molecule has 0 aromatic carbocycles. The largest absolute Gasteiger partial charge is 0.472 e. The lowest BCUT2D eigenvalue weighted by Gasteiger charge is -2.32. The summed E-state index contributed by atoms with van der Waals surface area (Å²) >= 11 is 0. The molecule has 104 valence electrons. The number of rotatable bonds is 5. The average molecular weight is 265 g/mol. The van der Waals surface area contributed by atoms with Crippen LogP contribution in [0.15, 0.2) is 23.0 Å². The van der Waals surface area contributed by atoms with Crippen molar-refractivity contribution in [2.75, 3.05) is 19.8 Å². The van der Waals surface area contributed by atoms with Crippen molar-refractivity contribution in [1.82, 2.24) is 5.32 Å². The highest BCUT2D eigenvalue weighted by molar-refractivity contribution is 5.94. The molecule has 1 N–H and O–H groups in total. The third kappa shape index (κ3) is 3.36. The third-order valence-corrected chi connectivity index (χ3v) is 3.64. The van der Waals surface area contributed by atoms with Crippen molar-refractivity contribution in [3.8, 4) is 0 Å². The Kier molecular flexibility index (Phi) is 3.84. The van der Waals surface area contributed by atoms with Crippen LogP contribution < -0.4 is 5.32 Å². The average Bonchev–Trinajstić information content (AvgIpc) is 3.09. The van der Waals surface area contributed by atoms with Gasteiger partial charge >= 0.3 is 0 Å². The summed E-state index contributed by atoms with van der Waals surface area (Å²) in [7, 11) is 0. The van der Waals surface area contributed by atoms with Gasteiger partial charge in [0, 0.05) is 13.2 Å². The van der Waals surface area contributed by atoms with E-state index < -0.39 is 0 Å². The Hall–Kier alpha value is -1.33. The Morgan fingerprint density at radius 3 is 3.05 bits per heavy atom. The monoisotopic (exact) mass is 265 g/mol. The zero-order valence-electron chi connectivity index (χ0n) is 10.8. The van der Waals surface area contributed by atoms with Gasteiger partial charge in [0.15, 0.2) is 0 Å². The van der Waals surface area contributed by atoms with Gasteiger partial charge in [-0.1, -0.05) is 0 Å². The van der Waals surface area contributed by atoms with Gasteiger partial charge in [-0.15, -0.1) is 0 Å². The van der Waals surface area contributed by atoms with Crippen LogP contribution in [-0.4, -0.2) is 37.9 Å². The second kappa shape index (κ2) is 5.75. The Morgan fingerprint density at radius 2 is 2.32 bits per heavy atom. The number of hydrogen-bond acceptors (Lipinski definition) is 4. The van der Waals surface area contributed by atoms with Crippen LogP contribution >= 0.6 is 0 Å². The number of hydrogen-bond donors (Lipinski definition) is 1.